The van der Waals surface area contributed by atoms with Gasteiger partial charge in [-0.2, -0.15) is 14.3 Å². The van der Waals surface area contributed by atoms with E-state index in [1.165, 1.54) is 6.66 Å². The van der Waals surface area contributed by atoms with Gasteiger partial charge in [-0.05, 0) is 0 Å². The van der Waals surface area contributed by atoms with Gasteiger partial charge in [0.1, 0.15) is 13.3 Å². The molecule has 0 heterocycles. The molecule has 0 aromatic heterocycles. The van der Waals surface area contributed by atoms with Crippen molar-refractivity contribution in [3.63, 3.8) is 0 Å². The summed E-state index contributed by atoms with van der Waals surface area (Å²) in [5, 5.41) is 0. The molecule has 0 atom stereocenters. The Hall–Kier alpha value is 1.27. The molecule has 9 heavy (non-hydrogen) atoms. The molecular formula is C3H12NNaO3P+. The Morgan fingerprint density at radius 1 is 1.67 bits per heavy atom. The predicted octanol–water partition coefficient (Wildman–Crippen LogP) is -3.54. The summed E-state index contributed by atoms with van der Waals surface area (Å²) in [6.07, 6.45) is 0. The minimum absolute atomic E-state index is 0. The number of rotatable bonds is 3. The maximum atomic E-state index is 8.54. The monoisotopic (exact) mass is 164 g/mol. The van der Waals surface area contributed by atoms with Crippen molar-refractivity contribution in [1.82, 2.24) is 0 Å². The molecule has 0 aliphatic carbocycles. The first-order valence-electron chi connectivity index (χ1n) is 2.23. The summed E-state index contributed by atoms with van der Waals surface area (Å²) in [7, 11) is -3.01. The van der Waals surface area contributed by atoms with Gasteiger partial charge in [0.2, 0.25) is 0 Å². The van der Waals surface area contributed by atoms with Gasteiger partial charge >= 0.3 is 37.5 Å². The number of nitrogens with two attached hydrogens (primary N) is 1. The molecule has 0 aliphatic rings. The molecule has 0 aromatic rings. The quantitative estimate of drug-likeness (QED) is 0.298. The van der Waals surface area contributed by atoms with Gasteiger partial charge in [-0.3, -0.25) is 0 Å². The Morgan fingerprint density at radius 2 is 2.11 bits per heavy atom. The van der Waals surface area contributed by atoms with Gasteiger partial charge in [0.25, 0.3) is 0 Å². The zero-order chi connectivity index (χ0) is 6.62. The van der Waals surface area contributed by atoms with Crippen LogP contribution in [0.15, 0.2) is 0 Å². The third-order valence-corrected chi connectivity index (χ3v) is 1.13. The zero-order valence-electron chi connectivity index (χ0n) is 6.74. The van der Waals surface area contributed by atoms with Gasteiger partial charge in [-0.15, -0.1) is 0 Å². The maximum absolute atomic E-state index is 8.54. The summed E-state index contributed by atoms with van der Waals surface area (Å²) in [4.78, 5) is 17.1. The second kappa shape index (κ2) is 6.01. The van der Waals surface area contributed by atoms with E-state index in [0.717, 1.165) is 0 Å². The molecule has 6 heteroatoms. The Labute approximate surface area is 78.8 Å². The molecule has 0 bridgehead atoms. The van der Waals surface area contributed by atoms with Crippen molar-refractivity contribution < 1.29 is 45.3 Å². The van der Waals surface area contributed by atoms with Crippen LogP contribution in [-0.2, 0) is 4.52 Å². The van der Waals surface area contributed by atoms with Gasteiger partial charge in [0, 0.05) is 6.54 Å². The average molecular weight is 164 g/mol. The Kier molecular flexibility index (Phi) is 8.62. The molecule has 0 fully saturated rings. The van der Waals surface area contributed by atoms with Crippen LogP contribution >= 0.6 is 7.94 Å². The standard InChI is InChI=1S/C3H11NO3P.Na.H/c1-8(5,6)7-3-2-4;;/h5-6H,2-4H2,1H3;;/q2*+1;-1. The normalized spacial score (nSPS) is 10.7. The average Bonchev–Trinajstić information content (AvgIpc) is 1.59. The van der Waals surface area contributed by atoms with Crippen molar-refractivity contribution in [2.45, 2.75) is 0 Å². The molecule has 0 radical (unpaired) electrons. The largest absolute Gasteiger partial charge is 1.00 e. The van der Waals surface area contributed by atoms with Gasteiger partial charge in [0.05, 0.1) is 0 Å². The van der Waals surface area contributed by atoms with Crippen LogP contribution in [0.2, 0.25) is 0 Å². The Balaban J connectivity index is -0.000000245. The van der Waals surface area contributed by atoms with E-state index in [1.54, 1.807) is 0 Å². The van der Waals surface area contributed by atoms with E-state index < -0.39 is 7.94 Å². The fourth-order valence-electron chi connectivity index (χ4n) is 0.226. The van der Waals surface area contributed by atoms with Crippen molar-refractivity contribution in [2.24, 2.45) is 5.73 Å². The topological polar surface area (TPSA) is 75.7 Å². The van der Waals surface area contributed by atoms with E-state index >= 15 is 0 Å². The molecule has 0 aromatic carbocycles. The minimum Gasteiger partial charge on any atom is -1.00 e. The second-order valence-corrected chi connectivity index (χ2v) is 3.39. The summed E-state index contributed by atoms with van der Waals surface area (Å²) in [6, 6.07) is 0. The van der Waals surface area contributed by atoms with Gasteiger partial charge in [-0.25, -0.2) is 0 Å². The van der Waals surface area contributed by atoms with Crippen molar-refractivity contribution in [1.29, 1.82) is 0 Å². The third kappa shape index (κ3) is 12.5. The Morgan fingerprint density at radius 3 is 2.22 bits per heavy atom. The second-order valence-electron chi connectivity index (χ2n) is 1.46. The summed E-state index contributed by atoms with van der Waals surface area (Å²) in [6.45, 7) is 1.76. The van der Waals surface area contributed by atoms with E-state index in [1.807, 2.05) is 0 Å². The van der Waals surface area contributed by atoms with Crippen LogP contribution in [0.1, 0.15) is 1.43 Å². The molecule has 0 saturated heterocycles. The van der Waals surface area contributed by atoms with Crippen LogP contribution in [-0.4, -0.2) is 29.6 Å². The van der Waals surface area contributed by atoms with Crippen LogP contribution < -0.4 is 35.3 Å². The van der Waals surface area contributed by atoms with Crippen LogP contribution in [0.4, 0.5) is 0 Å². The van der Waals surface area contributed by atoms with E-state index in [4.69, 9.17) is 15.5 Å². The Bertz CT molecular complexity index is 71.3. The molecule has 4 N–H and O–H groups in total. The molecule has 0 amide bonds. The summed E-state index contributed by atoms with van der Waals surface area (Å²) in [5.74, 6) is 0. The predicted molar refractivity (Wildman–Crippen MR) is 33.4 cm³/mol. The first-order chi connectivity index (χ1) is 3.56. The van der Waals surface area contributed by atoms with E-state index in [9.17, 15) is 0 Å². The summed E-state index contributed by atoms with van der Waals surface area (Å²) >= 11 is 0. The molecule has 0 aliphatic heterocycles. The van der Waals surface area contributed by atoms with Gasteiger partial charge in [-0.1, -0.05) is 0 Å². The summed E-state index contributed by atoms with van der Waals surface area (Å²) < 4.78 is 4.48. The number of hydrogen-bond acceptors (Lipinski definition) is 4. The molecule has 0 saturated carbocycles. The van der Waals surface area contributed by atoms with E-state index in [2.05, 4.69) is 4.52 Å². The van der Waals surface area contributed by atoms with Crippen molar-refractivity contribution in [3.05, 3.63) is 0 Å². The first-order valence-corrected chi connectivity index (χ1v) is 4.29. The smallest absolute Gasteiger partial charge is 1.00 e. The SMILES string of the molecule is C[P+](O)(O)OCCN.[H-].[Na+]. The number of hydrogen-bond donors (Lipinski definition) is 3. The molecule has 0 rings (SSSR count). The maximum Gasteiger partial charge on any atom is 1.00 e. The van der Waals surface area contributed by atoms with Crippen LogP contribution in [0.3, 0.4) is 0 Å². The fourth-order valence-corrected chi connectivity index (χ4v) is 0.677. The van der Waals surface area contributed by atoms with Gasteiger partial charge in [0.15, 0.2) is 0 Å². The van der Waals surface area contributed by atoms with Crippen LogP contribution in [0.5, 0.6) is 0 Å². The minimum atomic E-state index is -3.01. The summed E-state index contributed by atoms with van der Waals surface area (Å²) in [5.41, 5.74) is 5.01. The van der Waals surface area contributed by atoms with Gasteiger partial charge < -0.3 is 7.16 Å². The first kappa shape index (κ1) is 12.9. The van der Waals surface area contributed by atoms with Crippen molar-refractivity contribution >= 4 is 7.94 Å². The molecular weight excluding hydrogens is 152 g/mol. The fraction of sp³-hybridized carbons (Fsp3) is 1.00. The molecule has 0 unspecified atom stereocenters. The van der Waals surface area contributed by atoms with Crippen molar-refractivity contribution in [2.75, 3.05) is 19.8 Å². The molecule has 4 nitrogen and oxygen atoms in total. The zero-order valence-corrected chi connectivity index (χ0v) is 8.64. The van der Waals surface area contributed by atoms with E-state index in [0.29, 0.717) is 6.54 Å². The molecule has 52 valence electrons. The van der Waals surface area contributed by atoms with Crippen LogP contribution in [0, 0.1) is 0 Å². The molecule has 0 spiro atoms. The van der Waals surface area contributed by atoms with Crippen LogP contribution in [0.25, 0.3) is 0 Å². The third-order valence-electron chi connectivity index (χ3n) is 0.454. The van der Waals surface area contributed by atoms with E-state index in [-0.39, 0.29) is 37.6 Å². The van der Waals surface area contributed by atoms with Crippen molar-refractivity contribution in [3.8, 4) is 0 Å².